The molecule has 0 amide bonds. The molecule has 0 spiro atoms. The summed E-state index contributed by atoms with van der Waals surface area (Å²) < 4.78 is 0. The van der Waals surface area contributed by atoms with Crippen LogP contribution in [0, 0.1) is 10.8 Å². The first-order chi connectivity index (χ1) is 6.94. The zero-order valence-electron chi connectivity index (χ0n) is 8.15. The third kappa shape index (κ3) is 1.00. The molecule has 2 aliphatic carbocycles. The molecule has 0 aromatic carbocycles. The fraction of sp³-hybridized carbons (Fsp3) is 0.700. The maximum absolute atomic E-state index is 11.3. The lowest BCUT2D eigenvalue weighted by atomic mass is 9.68. The number of rotatable bonds is 2. The first-order valence-corrected chi connectivity index (χ1v) is 4.93. The standard InChI is InChI=1S/C10H12O5/c11-6-4-9(7(12)13)2-1-3-10(9,5-6)8(14)15/h1-5H2,(H,12,13)(H,14,15). The number of fused-ring (bicyclic) bond motifs is 1. The molecular formula is C10H12O5. The largest absolute Gasteiger partial charge is 0.481 e. The molecule has 82 valence electrons. The summed E-state index contributed by atoms with van der Waals surface area (Å²) in [6.45, 7) is 0. The van der Waals surface area contributed by atoms with E-state index in [0.717, 1.165) is 0 Å². The monoisotopic (exact) mass is 212 g/mol. The van der Waals surface area contributed by atoms with Gasteiger partial charge in [-0.15, -0.1) is 0 Å². The van der Waals surface area contributed by atoms with Gasteiger partial charge in [-0.3, -0.25) is 14.4 Å². The third-order valence-corrected chi connectivity index (χ3v) is 3.94. The highest BCUT2D eigenvalue weighted by atomic mass is 16.4. The van der Waals surface area contributed by atoms with Gasteiger partial charge in [-0.05, 0) is 12.8 Å². The Morgan fingerprint density at radius 2 is 1.40 bits per heavy atom. The van der Waals surface area contributed by atoms with Crippen LogP contribution >= 0.6 is 0 Å². The normalized spacial score (nSPS) is 39.1. The van der Waals surface area contributed by atoms with Crippen LogP contribution in [0.25, 0.3) is 0 Å². The van der Waals surface area contributed by atoms with Gasteiger partial charge in [0.25, 0.3) is 0 Å². The van der Waals surface area contributed by atoms with Crippen molar-refractivity contribution in [3.63, 3.8) is 0 Å². The molecule has 2 N–H and O–H groups in total. The molecule has 2 unspecified atom stereocenters. The van der Waals surface area contributed by atoms with Crippen molar-refractivity contribution >= 4 is 17.7 Å². The number of aliphatic carboxylic acids is 2. The molecule has 0 aromatic rings. The Morgan fingerprint density at radius 3 is 1.73 bits per heavy atom. The summed E-state index contributed by atoms with van der Waals surface area (Å²) in [6, 6.07) is 0. The predicted octanol–water partition coefficient (Wildman–Crippen LogP) is 0.675. The van der Waals surface area contributed by atoms with E-state index >= 15 is 0 Å². The van der Waals surface area contributed by atoms with Crippen molar-refractivity contribution in [1.29, 1.82) is 0 Å². The van der Waals surface area contributed by atoms with E-state index in [1.54, 1.807) is 0 Å². The quantitative estimate of drug-likeness (QED) is 0.702. The van der Waals surface area contributed by atoms with Crippen molar-refractivity contribution < 1.29 is 24.6 Å². The van der Waals surface area contributed by atoms with Crippen LogP contribution < -0.4 is 0 Å². The molecule has 0 aliphatic heterocycles. The second kappa shape index (κ2) is 2.81. The minimum Gasteiger partial charge on any atom is -0.481 e. The van der Waals surface area contributed by atoms with Crippen LogP contribution in [-0.4, -0.2) is 27.9 Å². The van der Waals surface area contributed by atoms with E-state index in [1.165, 1.54) is 0 Å². The van der Waals surface area contributed by atoms with Gasteiger partial charge in [0.1, 0.15) is 5.78 Å². The third-order valence-electron chi connectivity index (χ3n) is 3.94. The molecule has 0 heterocycles. The molecule has 5 heteroatoms. The molecule has 0 saturated heterocycles. The number of carboxylic acids is 2. The molecule has 2 rings (SSSR count). The SMILES string of the molecule is O=C1CC2(C(=O)O)CCCC2(C(=O)O)C1. The van der Waals surface area contributed by atoms with Crippen molar-refractivity contribution in [2.24, 2.45) is 10.8 Å². The Morgan fingerprint density at radius 1 is 1.00 bits per heavy atom. The molecule has 15 heavy (non-hydrogen) atoms. The second-order valence-corrected chi connectivity index (χ2v) is 4.52. The molecule has 2 aliphatic rings. The van der Waals surface area contributed by atoms with E-state index in [-0.39, 0.29) is 18.6 Å². The summed E-state index contributed by atoms with van der Waals surface area (Å²) in [6.07, 6.45) is 0.954. The number of ketones is 1. The van der Waals surface area contributed by atoms with Crippen LogP contribution in [0.3, 0.4) is 0 Å². The van der Waals surface area contributed by atoms with Gasteiger partial charge in [-0.2, -0.15) is 0 Å². The Bertz CT molecular complexity index is 329. The van der Waals surface area contributed by atoms with Gasteiger partial charge < -0.3 is 10.2 Å². The minimum absolute atomic E-state index is 0.116. The molecule has 2 saturated carbocycles. The van der Waals surface area contributed by atoms with Crippen molar-refractivity contribution in [3.05, 3.63) is 0 Å². The molecule has 0 aromatic heterocycles. The lowest BCUT2D eigenvalue weighted by Crippen LogP contribution is -2.44. The Labute approximate surface area is 86.1 Å². The predicted molar refractivity (Wildman–Crippen MR) is 48.2 cm³/mol. The highest BCUT2D eigenvalue weighted by Crippen LogP contribution is 2.62. The van der Waals surface area contributed by atoms with E-state index < -0.39 is 22.8 Å². The van der Waals surface area contributed by atoms with Crippen molar-refractivity contribution in [3.8, 4) is 0 Å². The van der Waals surface area contributed by atoms with Gasteiger partial charge in [0, 0.05) is 12.8 Å². The van der Waals surface area contributed by atoms with Crippen molar-refractivity contribution in [1.82, 2.24) is 0 Å². The van der Waals surface area contributed by atoms with Gasteiger partial charge in [0.15, 0.2) is 0 Å². The van der Waals surface area contributed by atoms with Gasteiger partial charge in [0.05, 0.1) is 10.8 Å². The summed E-state index contributed by atoms with van der Waals surface area (Å²) in [5, 5.41) is 18.4. The first kappa shape index (κ1) is 10.1. The smallest absolute Gasteiger partial charge is 0.311 e. The van der Waals surface area contributed by atoms with Crippen LogP contribution in [0.15, 0.2) is 0 Å². The average Bonchev–Trinajstić information content (AvgIpc) is 2.56. The van der Waals surface area contributed by atoms with E-state index in [1.807, 2.05) is 0 Å². The number of carboxylic acid groups (broad SMARTS) is 2. The van der Waals surface area contributed by atoms with E-state index in [4.69, 9.17) is 0 Å². The fourth-order valence-electron chi connectivity index (χ4n) is 3.20. The Kier molecular flexibility index (Phi) is 1.90. The average molecular weight is 212 g/mol. The zero-order valence-corrected chi connectivity index (χ0v) is 8.15. The van der Waals surface area contributed by atoms with Gasteiger partial charge in [-0.1, -0.05) is 6.42 Å². The lowest BCUT2D eigenvalue weighted by Gasteiger charge is -2.32. The topological polar surface area (TPSA) is 91.7 Å². The molecule has 0 bridgehead atoms. The molecule has 2 atom stereocenters. The van der Waals surface area contributed by atoms with E-state index in [2.05, 4.69) is 0 Å². The van der Waals surface area contributed by atoms with Crippen LogP contribution in [0.1, 0.15) is 32.1 Å². The number of hydrogen-bond acceptors (Lipinski definition) is 3. The summed E-state index contributed by atoms with van der Waals surface area (Å²) in [7, 11) is 0. The summed E-state index contributed by atoms with van der Waals surface area (Å²) in [5.41, 5.74) is -2.67. The van der Waals surface area contributed by atoms with Gasteiger partial charge >= 0.3 is 11.9 Å². The number of carbonyl (C=O) groups is 3. The highest BCUT2D eigenvalue weighted by Gasteiger charge is 2.69. The summed E-state index contributed by atoms with van der Waals surface area (Å²) in [4.78, 5) is 33.8. The first-order valence-electron chi connectivity index (χ1n) is 4.93. The minimum atomic E-state index is -1.34. The molecule has 5 nitrogen and oxygen atoms in total. The van der Waals surface area contributed by atoms with Crippen LogP contribution in [-0.2, 0) is 14.4 Å². The summed E-state index contributed by atoms with van der Waals surface area (Å²) in [5.74, 6) is -2.50. The van der Waals surface area contributed by atoms with E-state index in [0.29, 0.717) is 19.3 Å². The van der Waals surface area contributed by atoms with E-state index in [9.17, 15) is 24.6 Å². The Balaban J connectivity index is 2.55. The lowest BCUT2D eigenvalue weighted by molar-refractivity contribution is -0.167. The number of hydrogen-bond donors (Lipinski definition) is 2. The molecule has 0 radical (unpaired) electrons. The number of Topliss-reactive ketones (excluding diaryl/α,β-unsaturated/α-hetero) is 1. The highest BCUT2D eigenvalue weighted by molar-refractivity contribution is 6.00. The fourth-order valence-corrected chi connectivity index (χ4v) is 3.20. The van der Waals surface area contributed by atoms with Crippen LogP contribution in [0.2, 0.25) is 0 Å². The van der Waals surface area contributed by atoms with Gasteiger partial charge in [0.2, 0.25) is 0 Å². The molecule has 2 fully saturated rings. The summed E-state index contributed by atoms with van der Waals surface area (Å²) >= 11 is 0. The van der Waals surface area contributed by atoms with Crippen LogP contribution in [0.4, 0.5) is 0 Å². The second-order valence-electron chi connectivity index (χ2n) is 4.52. The maximum atomic E-state index is 11.3. The van der Waals surface area contributed by atoms with Crippen molar-refractivity contribution in [2.75, 3.05) is 0 Å². The Hall–Kier alpha value is -1.39. The zero-order chi connectivity index (χ0) is 11.3. The van der Waals surface area contributed by atoms with Gasteiger partial charge in [-0.25, -0.2) is 0 Å². The molecular weight excluding hydrogens is 200 g/mol. The number of carbonyl (C=O) groups excluding carboxylic acids is 1. The maximum Gasteiger partial charge on any atom is 0.311 e. The van der Waals surface area contributed by atoms with Crippen molar-refractivity contribution in [2.45, 2.75) is 32.1 Å². The van der Waals surface area contributed by atoms with Crippen LogP contribution in [0.5, 0.6) is 0 Å².